The quantitative estimate of drug-likeness (QED) is 0.853. The summed E-state index contributed by atoms with van der Waals surface area (Å²) in [6, 6.07) is 8.09. The molecule has 0 bridgehead atoms. The Balaban J connectivity index is 1.68. The summed E-state index contributed by atoms with van der Waals surface area (Å²) in [7, 11) is 3.17. The minimum absolute atomic E-state index is 0.0358. The largest absolute Gasteiger partial charge is 0.497 e. The molecular formula is C22H23FN2O4. The molecule has 29 heavy (non-hydrogen) atoms. The van der Waals surface area contributed by atoms with Gasteiger partial charge in [-0.25, -0.2) is 4.39 Å². The van der Waals surface area contributed by atoms with Gasteiger partial charge in [-0.1, -0.05) is 0 Å². The van der Waals surface area contributed by atoms with E-state index in [2.05, 4.69) is 5.32 Å². The van der Waals surface area contributed by atoms with E-state index >= 15 is 0 Å². The van der Waals surface area contributed by atoms with E-state index in [4.69, 9.17) is 9.47 Å². The number of benzene rings is 2. The Morgan fingerprint density at radius 2 is 2.00 bits per heavy atom. The number of hydrogen-bond donors (Lipinski definition) is 1. The molecule has 1 N–H and O–H groups in total. The van der Waals surface area contributed by atoms with Crippen molar-refractivity contribution in [3.8, 4) is 11.5 Å². The maximum Gasteiger partial charge on any atom is 0.257 e. The number of nitrogens with zero attached hydrogens (tertiary/aromatic N) is 1. The van der Waals surface area contributed by atoms with E-state index in [1.807, 2.05) is 12.1 Å². The molecule has 0 aromatic heterocycles. The van der Waals surface area contributed by atoms with Gasteiger partial charge in [0.1, 0.15) is 17.3 Å². The Bertz CT molecular complexity index is 976. The fourth-order valence-electron chi connectivity index (χ4n) is 4.15. The van der Waals surface area contributed by atoms with Crippen LogP contribution >= 0.6 is 0 Å². The smallest absolute Gasteiger partial charge is 0.257 e. The maximum atomic E-state index is 14.8. The lowest BCUT2D eigenvalue weighted by molar-refractivity contribution is -0.116. The van der Waals surface area contributed by atoms with Gasteiger partial charge in [0, 0.05) is 24.2 Å². The van der Waals surface area contributed by atoms with Gasteiger partial charge in [0.15, 0.2) is 0 Å². The van der Waals surface area contributed by atoms with Crippen molar-refractivity contribution < 1.29 is 23.5 Å². The van der Waals surface area contributed by atoms with Gasteiger partial charge in [-0.05, 0) is 55.2 Å². The Morgan fingerprint density at radius 3 is 2.76 bits per heavy atom. The molecule has 2 amide bonds. The second kappa shape index (κ2) is 7.73. The van der Waals surface area contributed by atoms with Crippen LogP contribution in [0.25, 0.3) is 0 Å². The van der Waals surface area contributed by atoms with Crippen LogP contribution in [0.5, 0.6) is 11.5 Å². The second-order valence-electron chi connectivity index (χ2n) is 7.30. The van der Waals surface area contributed by atoms with Crippen molar-refractivity contribution in [1.82, 2.24) is 4.90 Å². The van der Waals surface area contributed by atoms with Crippen LogP contribution in [0.4, 0.5) is 10.1 Å². The zero-order valence-electron chi connectivity index (χ0n) is 16.5. The average molecular weight is 398 g/mol. The standard InChI is InChI=1S/C22H23FN2O4/c1-28-14-6-7-20(29-2)16(11-14)19-4-3-9-25(19)22(27)15-10-13-5-8-21(26)24-18(13)12-17(15)23/h6-7,10-12,19H,3-5,8-9H2,1-2H3,(H,24,26). The molecular weight excluding hydrogens is 375 g/mol. The SMILES string of the molecule is COc1ccc(OC)c(C2CCCN2C(=O)c2cc3c(cc2F)NC(=O)CC3)c1. The van der Waals surface area contributed by atoms with Crippen molar-refractivity contribution in [3.63, 3.8) is 0 Å². The van der Waals surface area contributed by atoms with Crippen LogP contribution in [0.3, 0.4) is 0 Å². The molecule has 2 aliphatic heterocycles. The molecule has 6 nitrogen and oxygen atoms in total. The minimum Gasteiger partial charge on any atom is -0.497 e. The van der Waals surface area contributed by atoms with Crippen LogP contribution in [-0.2, 0) is 11.2 Å². The van der Waals surface area contributed by atoms with E-state index in [1.165, 1.54) is 6.07 Å². The number of ether oxygens (including phenoxy) is 2. The number of carbonyl (C=O) groups excluding carboxylic acids is 2. The Labute approximate surface area is 168 Å². The summed E-state index contributed by atoms with van der Waals surface area (Å²) < 4.78 is 25.6. The first-order valence-corrected chi connectivity index (χ1v) is 9.67. The number of amides is 2. The topological polar surface area (TPSA) is 67.9 Å². The maximum absolute atomic E-state index is 14.8. The number of carbonyl (C=O) groups is 2. The molecule has 2 aromatic rings. The highest BCUT2D eigenvalue weighted by Gasteiger charge is 2.34. The van der Waals surface area contributed by atoms with Crippen molar-refractivity contribution in [1.29, 1.82) is 0 Å². The Kier molecular flexibility index (Phi) is 5.13. The number of hydrogen-bond acceptors (Lipinski definition) is 4. The number of fused-ring (bicyclic) bond motifs is 1. The van der Waals surface area contributed by atoms with E-state index in [0.29, 0.717) is 36.6 Å². The lowest BCUT2D eigenvalue weighted by Gasteiger charge is -2.27. The third-order valence-corrected chi connectivity index (χ3v) is 5.63. The zero-order valence-corrected chi connectivity index (χ0v) is 16.5. The number of likely N-dealkylation sites (tertiary alicyclic amines) is 1. The van der Waals surface area contributed by atoms with Crippen LogP contribution in [0.15, 0.2) is 30.3 Å². The number of nitrogens with one attached hydrogen (secondary N) is 1. The van der Waals surface area contributed by atoms with Gasteiger partial charge >= 0.3 is 0 Å². The molecule has 1 fully saturated rings. The first kappa shape index (κ1) is 19.2. The molecule has 0 spiro atoms. The first-order chi connectivity index (χ1) is 14.0. The highest BCUT2D eigenvalue weighted by atomic mass is 19.1. The molecule has 0 saturated carbocycles. The van der Waals surface area contributed by atoms with Crippen molar-refractivity contribution in [3.05, 3.63) is 52.8 Å². The van der Waals surface area contributed by atoms with E-state index in [9.17, 15) is 14.0 Å². The third kappa shape index (κ3) is 3.52. The number of methoxy groups -OCH3 is 2. The van der Waals surface area contributed by atoms with E-state index in [-0.39, 0.29) is 23.4 Å². The molecule has 2 aliphatic rings. The predicted octanol–water partition coefficient (Wildman–Crippen LogP) is 3.70. The van der Waals surface area contributed by atoms with Gasteiger partial charge in [-0.15, -0.1) is 0 Å². The van der Waals surface area contributed by atoms with Crippen LogP contribution < -0.4 is 14.8 Å². The van der Waals surface area contributed by atoms with E-state index in [0.717, 1.165) is 24.0 Å². The van der Waals surface area contributed by atoms with Crippen molar-refractivity contribution >= 4 is 17.5 Å². The lowest BCUT2D eigenvalue weighted by atomic mass is 9.98. The summed E-state index contributed by atoms with van der Waals surface area (Å²) >= 11 is 0. The molecule has 0 aliphatic carbocycles. The Morgan fingerprint density at radius 1 is 1.17 bits per heavy atom. The van der Waals surface area contributed by atoms with E-state index in [1.54, 1.807) is 31.3 Å². The summed E-state index contributed by atoms with van der Waals surface area (Å²) in [5.41, 5.74) is 2.11. The van der Waals surface area contributed by atoms with Crippen LogP contribution in [0, 0.1) is 5.82 Å². The highest BCUT2D eigenvalue weighted by Crippen LogP contribution is 2.40. The summed E-state index contributed by atoms with van der Waals surface area (Å²) in [6.45, 7) is 0.539. The van der Waals surface area contributed by atoms with Gasteiger partial charge in [0.25, 0.3) is 5.91 Å². The monoisotopic (exact) mass is 398 g/mol. The number of halogens is 1. The molecule has 0 radical (unpaired) electrons. The number of anilines is 1. The van der Waals surface area contributed by atoms with Gasteiger partial charge in [0.2, 0.25) is 5.91 Å². The zero-order chi connectivity index (χ0) is 20.5. The van der Waals surface area contributed by atoms with Gasteiger partial charge in [-0.3, -0.25) is 9.59 Å². The van der Waals surface area contributed by atoms with Crippen molar-refractivity contribution in [2.24, 2.45) is 0 Å². The lowest BCUT2D eigenvalue weighted by Crippen LogP contribution is -2.32. The number of aryl methyl sites for hydroxylation is 1. The molecule has 1 atom stereocenters. The predicted molar refractivity (Wildman–Crippen MR) is 106 cm³/mol. The van der Waals surface area contributed by atoms with Crippen molar-refractivity contribution in [2.45, 2.75) is 31.7 Å². The molecule has 2 aromatic carbocycles. The van der Waals surface area contributed by atoms with Crippen LogP contribution in [0.2, 0.25) is 0 Å². The molecule has 1 unspecified atom stereocenters. The summed E-state index contributed by atoms with van der Waals surface area (Å²) in [5, 5.41) is 2.66. The normalized spacial score (nSPS) is 18.2. The fraction of sp³-hybridized carbons (Fsp3) is 0.364. The second-order valence-corrected chi connectivity index (χ2v) is 7.30. The Hall–Kier alpha value is -3.09. The molecule has 7 heteroatoms. The molecule has 4 rings (SSSR count). The van der Waals surface area contributed by atoms with Gasteiger partial charge in [-0.2, -0.15) is 0 Å². The van der Waals surface area contributed by atoms with Crippen LogP contribution in [-0.4, -0.2) is 37.5 Å². The van der Waals surface area contributed by atoms with Gasteiger partial charge in [0.05, 0.1) is 25.8 Å². The highest BCUT2D eigenvalue weighted by molar-refractivity contribution is 5.98. The van der Waals surface area contributed by atoms with Gasteiger partial charge < -0.3 is 19.7 Å². The number of rotatable bonds is 4. The minimum atomic E-state index is -0.626. The summed E-state index contributed by atoms with van der Waals surface area (Å²) in [4.78, 5) is 26.5. The van der Waals surface area contributed by atoms with Crippen LogP contribution in [0.1, 0.15) is 46.8 Å². The fourth-order valence-corrected chi connectivity index (χ4v) is 4.15. The third-order valence-electron chi connectivity index (χ3n) is 5.63. The summed E-state index contributed by atoms with van der Waals surface area (Å²) in [6.07, 6.45) is 2.41. The first-order valence-electron chi connectivity index (χ1n) is 9.67. The molecule has 152 valence electrons. The van der Waals surface area contributed by atoms with Crippen molar-refractivity contribution in [2.75, 3.05) is 26.1 Å². The molecule has 1 saturated heterocycles. The average Bonchev–Trinajstić information content (AvgIpc) is 3.22. The summed E-state index contributed by atoms with van der Waals surface area (Å²) in [5.74, 6) is 0.231. The molecule has 2 heterocycles. The van der Waals surface area contributed by atoms with E-state index < -0.39 is 5.82 Å².